The molecule has 10 heteroatoms. The van der Waals surface area contributed by atoms with Gasteiger partial charge in [-0.2, -0.15) is 5.26 Å². The Morgan fingerprint density at radius 2 is 1.94 bits per heavy atom. The molecule has 0 radical (unpaired) electrons. The Labute approximate surface area is 190 Å². The molecule has 3 aromatic rings. The lowest BCUT2D eigenvalue weighted by molar-refractivity contribution is -0.122. The van der Waals surface area contributed by atoms with Gasteiger partial charge in [-0.15, -0.1) is 0 Å². The van der Waals surface area contributed by atoms with Crippen LogP contribution in [-0.2, 0) is 11.3 Å². The van der Waals surface area contributed by atoms with E-state index < -0.39 is 0 Å². The van der Waals surface area contributed by atoms with E-state index in [0.29, 0.717) is 46.2 Å². The number of hydrogen-bond donors (Lipinski definition) is 2. The van der Waals surface area contributed by atoms with E-state index in [2.05, 4.69) is 21.0 Å². The first-order chi connectivity index (χ1) is 15.9. The zero-order valence-corrected chi connectivity index (χ0v) is 18.3. The number of pyridine rings is 3. The third kappa shape index (κ3) is 4.43. The van der Waals surface area contributed by atoms with Gasteiger partial charge in [0.2, 0.25) is 5.88 Å². The van der Waals surface area contributed by atoms with Crippen LogP contribution in [0.25, 0.3) is 22.5 Å². The first-order valence-electron chi connectivity index (χ1n) is 9.95. The number of nitriles is 1. The van der Waals surface area contributed by atoms with Crippen molar-refractivity contribution in [1.29, 1.82) is 5.26 Å². The predicted molar refractivity (Wildman–Crippen MR) is 120 cm³/mol. The van der Waals surface area contributed by atoms with E-state index in [4.69, 9.17) is 20.4 Å². The minimum atomic E-state index is -0.250. The highest BCUT2D eigenvalue weighted by Gasteiger charge is 2.32. The van der Waals surface area contributed by atoms with Gasteiger partial charge in [0.05, 0.1) is 36.3 Å². The van der Waals surface area contributed by atoms with Crippen molar-refractivity contribution in [1.82, 2.24) is 19.9 Å². The molecule has 1 aliphatic heterocycles. The quantitative estimate of drug-likeness (QED) is 0.575. The molecular formula is C23H22N6O4. The van der Waals surface area contributed by atoms with Crippen LogP contribution in [0, 0.1) is 11.3 Å². The van der Waals surface area contributed by atoms with Crippen LogP contribution >= 0.6 is 0 Å². The number of hydrogen-bond acceptors (Lipinski definition) is 8. The molecule has 4 rings (SSSR count). The lowest BCUT2D eigenvalue weighted by Crippen LogP contribution is -2.30. The third-order valence-electron chi connectivity index (χ3n) is 5.07. The fraction of sp³-hybridized carbons (Fsp3) is 0.217. The van der Waals surface area contributed by atoms with E-state index in [1.54, 1.807) is 35.4 Å². The third-order valence-corrected chi connectivity index (χ3v) is 5.07. The van der Waals surface area contributed by atoms with E-state index in [9.17, 15) is 10.1 Å². The van der Waals surface area contributed by atoms with Crippen LogP contribution in [0.15, 0.2) is 36.5 Å². The first-order valence-corrected chi connectivity index (χ1v) is 9.95. The second-order valence-corrected chi connectivity index (χ2v) is 7.31. The molecule has 3 aromatic heterocycles. The van der Waals surface area contributed by atoms with Gasteiger partial charge in [-0.25, -0.2) is 9.97 Å². The van der Waals surface area contributed by atoms with Gasteiger partial charge in [-0.1, -0.05) is 6.07 Å². The number of aromatic nitrogens is 3. The van der Waals surface area contributed by atoms with Crippen LogP contribution in [0.5, 0.6) is 5.88 Å². The Morgan fingerprint density at radius 1 is 1.21 bits per heavy atom. The number of rotatable bonds is 4. The van der Waals surface area contributed by atoms with Gasteiger partial charge in [-0.05, 0) is 38.1 Å². The predicted octanol–water partition coefficient (Wildman–Crippen LogP) is 2.73. The number of carboxylic acid groups (broad SMARTS) is 1. The van der Waals surface area contributed by atoms with Gasteiger partial charge in [0.1, 0.15) is 17.5 Å². The second-order valence-electron chi connectivity index (χ2n) is 7.31. The SMILES string of the molecule is COc1nc2c(cc1-c1cc(-c3ccccn3)nc(N)c1C#N)C(=O)N(C(C)C)C2.O=CO. The Morgan fingerprint density at radius 3 is 2.52 bits per heavy atom. The van der Waals surface area contributed by atoms with Crippen LogP contribution < -0.4 is 10.5 Å². The van der Waals surface area contributed by atoms with Crippen LogP contribution in [0.1, 0.15) is 35.5 Å². The number of amides is 1. The number of nitrogen functional groups attached to an aromatic ring is 1. The molecule has 0 unspecified atom stereocenters. The number of fused-ring (bicyclic) bond motifs is 1. The number of nitrogens with zero attached hydrogens (tertiary/aromatic N) is 5. The number of nitrogens with two attached hydrogens (primary N) is 1. The molecule has 0 saturated carbocycles. The minimum absolute atomic E-state index is 0.0446. The molecule has 168 valence electrons. The van der Waals surface area contributed by atoms with Gasteiger partial charge >= 0.3 is 0 Å². The van der Waals surface area contributed by atoms with Crippen molar-refractivity contribution in [3.05, 3.63) is 53.3 Å². The number of methoxy groups -OCH3 is 1. The van der Waals surface area contributed by atoms with Crippen molar-refractivity contribution in [2.45, 2.75) is 26.4 Å². The van der Waals surface area contributed by atoms with E-state index in [-0.39, 0.29) is 29.8 Å². The molecule has 1 amide bonds. The lowest BCUT2D eigenvalue weighted by Gasteiger charge is -2.19. The van der Waals surface area contributed by atoms with Gasteiger partial charge in [0.15, 0.2) is 0 Å². The average molecular weight is 446 g/mol. The van der Waals surface area contributed by atoms with E-state index in [0.717, 1.165) is 0 Å². The van der Waals surface area contributed by atoms with Gasteiger partial charge in [0.25, 0.3) is 12.4 Å². The van der Waals surface area contributed by atoms with Crippen LogP contribution in [0.3, 0.4) is 0 Å². The smallest absolute Gasteiger partial charge is 0.290 e. The topological polar surface area (TPSA) is 155 Å². The number of ether oxygens (including phenoxy) is 1. The fourth-order valence-corrected chi connectivity index (χ4v) is 3.53. The molecule has 0 atom stereocenters. The zero-order chi connectivity index (χ0) is 24.1. The highest BCUT2D eigenvalue weighted by Crippen LogP contribution is 2.38. The van der Waals surface area contributed by atoms with Crippen molar-refractivity contribution in [2.24, 2.45) is 0 Å². The normalized spacial score (nSPS) is 12.0. The van der Waals surface area contributed by atoms with Crippen molar-refractivity contribution < 1.29 is 19.4 Å². The first kappa shape index (κ1) is 23.1. The Bertz CT molecular complexity index is 1240. The number of carbonyl (C=O) groups is 2. The van der Waals surface area contributed by atoms with E-state index >= 15 is 0 Å². The highest BCUT2D eigenvalue weighted by atomic mass is 16.5. The molecule has 3 N–H and O–H groups in total. The largest absolute Gasteiger partial charge is 0.483 e. The maximum Gasteiger partial charge on any atom is 0.290 e. The lowest BCUT2D eigenvalue weighted by atomic mass is 9.98. The Kier molecular flexibility index (Phi) is 6.83. The number of anilines is 1. The van der Waals surface area contributed by atoms with Crippen LogP contribution in [0.2, 0.25) is 0 Å². The van der Waals surface area contributed by atoms with Crippen LogP contribution in [-0.4, -0.2) is 50.5 Å². The number of carbonyl (C=O) groups excluding carboxylic acids is 1. The summed E-state index contributed by atoms with van der Waals surface area (Å²) >= 11 is 0. The summed E-state index contributed by atoms with van der Waals surface area (Å²) in [5.41, 5.74) is 9.58. The fourth-order valence-electron chi connectivity index (χ4n) is 3.53. The summed E-state index contributed by atoms with van der Waals surface area (Å²) in [4.78, 5) is 36.2. The van der Waals surface area contributed by atoms with Gasteiger partial charge < -0.3 is 20.5 Å². The maximum atomic E-state index is 12.9. The summed E-state index contributed by atoms with van der Waals surface area (Å²) in [6.07, 6.45) is 1.65. The molecule has 0 aromatic carbocycles. The summed E-state index contributed by atoms with van der Waals surface area (Å²) in [7, 11) is 1.51. The standard InChI is InChI=1S/C22H20N6O2.CH2O2/c1-12(2)28-11-19-15(22(28)29)8-14(21(27-19)30-3)13-9-18(17-6-4-5-7-25-17)26-20(24)16(13)10-23;2-1-3/h4-9,12H,11H2,1-3H3,(H2,24,26);1H,(H,2,3). The van der Waals surface area contributed by atoms with Crippen molar-refractivity contribution >= 4 is 18.2 Å². The zero-order valence-electron chi connectivity index (χ0n) is 18.3. The molecule has 1 aliphatic rings. The molecule has 0 aliphatic carbocycles. The molecule has 0 spiro atoms. The monoisotopic (exact) mass is 446 g/mol. The summed E-state index contributed by atoms with van der Waals surface area (Å²) in [6, 6.07) is 11.1. The van der Waals surface area contributed by atoms with Crippen molar-refractivity contribution in [2.75, 3.05) is 12.8 Å². The van der Waals surface area contributed by atoms with Gasteiger partial charge in [-0.3, -0.25) is 14.6 Å². The minimum Gasteiger partial charge on any atom is -0.483 e. The molecule has 10 nitrogen and oxygen atoms in total. The summed E-state index contributed by atoms with van der Waals surface area (Å²) in [5, 5.41) is 16.6. The highest BCUT2D eigenvalue weighted by molar-refractivity contribution is 6.00. The molecule has 0 fully saturated rings. The van der Waals surface area contributed by atoms with Gasteiger partial charge in [0, 0.05) is 23.4 Å². The van der Waals surface area contributed by atoms with Crippen LogP contribution in [0.4, 0.5) is 5.82 Å². The van der Waals surface area contributed by atoms with E-state index in [1.807, 2.05) is 19.9 Å². The molecule has 0 saturated heterocycles. The Hall–Kier alpha value is -4.52. The molecular weight excluding hydrogens is 424 g/mol. The average Bonchev–Trinajstić information content (AvgIpc) is 3.14. The van der Waals surface area contributed by atoms with Crippen molar-refractivity contribution in [3.8, 4) is 34.5 Å². The maximum absolute atomic E-state index is 12.9. The van der Waals surface area contributed by atoms with E-state index in [1.165, 1.54) is 7.11 Å². The molecule has 33 heavy (non-hydrogen) atoms. The Balaban J connectivity index is 0.000000968. The summed E-state index contributed by atoms with van der Waals surface area (Å²) < 4.78 is 5.51. The molecule has 4 heterocycles. The second kappa shape index (κ2) is 9.74. The molecule has 0 bridgehead atoms. The summed E-state index contributed by atoms with van der Waals surface area (Å²) in [5.74, 6) is 0.302. The summed E-state index contributed by atoms with van der Waals surface area (Å²) in [6.45, 7) is 4.09. The van der Waals surface area contributed by atoms with Crippen molar-refractivity contribution in [3.63, 3.8) is 0 Å².